The molecule has 2 fully saturated rings. The largest absolute Gasteiger partial charge is 0.493 e. The first-order valence-corrected chi connectivity index (χ1v) is 9.55. The Morgan fingerprint density at radius 2 is 2.07 bits per heavy atom. The number of furan rings is 1. The topological polar surface area (TPSA) is 71.8 Å². The molecule has 0 spiro atoms. The number of ether oxygens (including phenoxy) is 1. The minimum Gasteiger partial charge on any atom is -0.493 e. The van der Waals surface area contributed by atoms with Crippen molar-refractivity contribution in [2.45, 2.75) is 31.7 Å². The van der Waals surface area contributed by atoms with E-state index in [9.17, 15) is 9.59 Å². The van der Waals surface area contributed by atoms with Crippen molar-refractivity contribution in [2.24, 2.45) is 5.92 Å². The molecule has 27 heavy (non-hydrogen) atoms. The first-order valence-electron chi connectivity index (χ1n) is 9.55. The highest BCUT2D eigenvalue weighted by atomic mass is 16.5. The molecule has 0 radical (unpaired) electrons. The summed E-state index contributed by atoms with van der Waals surface area (Å²) in [7, 11) is 0. The predicted molar refractivity (Wildman–Crippen MR) is 99.8 cm³/mol. The van der Waals surface area contributed by atoms with Gasteiger partial charge in [-0.05, 0) is 56.0 Å². The Morgan fingerprint density at radius 1 is 1.19 bits per heavy atom. The van der Waals surface area contributed by atoms with Gasteiger partial charge in [0.15, 0.2) is 5.76 Å². The second kappa shape index (κ2) is 7.86. The zero-order valence-electron chi connectivity index (χ0n) is 15.2. The molecule has 1 atom stereocenters. The molecule has 2 aromatic rings. The van der Waals surface area contributed by atoms with Gasteiger partial charge in [-0.3, -0.25) is 9.59 Å². The first kappa shape index (κ1) is 17.6. The summed E-state index contributed by atoms with van der Waals surface area (Å²) in [5, 5.41) is 2.99. The van der Waals surface area contributed by atoms with Gasteiger partial charge < -0.3 is 19.4 Å². The van der Waals surface area contributed by atoms with E-state index in [0.717, 1.165) is 32.2 Å². The van der Waals surface area contributed by atoms with Crippen LogP contribution in [0, 0.1) is 5.92 Å². The number of hydrogen-bond donors (Lipinski definition) is 1. The second-order valence-corrected chi connectivity index (χ2v) is 7.32. The lowest BCUT2D eigenvalue weighted by molar-refractivity contribution is 0.0602. The van der Waals surface area contributed by atoms with Crippen LogP contribution < -0.4 is 10.1 Å². The Morgan fingerprint density at radius 3 is 2.85 bits per heavy atom. The summed E-state index contributed by atoms with van der Waals surface area (Å²) in [4.78, 5) is 26.4. The highest BCUT2D eigenvalue weighted by Gasteiger charge is 2.26. The van der Waals surface area contributed by atoms with Gasteiger partial charge in [-0.1, -0.05) is 6.07 Å². The molecule has 1 aliphatic heterocycles. The van der Waals surface area contributed by atoms with Gasteiger partial charge in [-0.2, -0.15) is 0 Å². The van der Waals surface area contributed by atoms with Crippen molar-refractivity contribution in [3.8, 4) is 5.75 Å². The van der Waals surface area contributed by atoms with Gasteiger partial charge in [-0.25, -0.2) is 0 Å². The van der Waals surface area contributed by atoms with E-state index in [0.29, 0.717) is 36.3 Å². The molecule has 142 valence electrons. The third kappa shape index (κ3) is 4.51. The Labute approximate surface area is 158 Å². The van der Waals surface area contributed by atoms with E-state index >= 15 is 0 Å². The molecule has 2 amide bonds. The second-order valence-electron chi connectivity index (χ2n) is 7.32. The molecule has 1 N–H and O–H groups in total. The zero-order chi connectivity index (χ0) is 18.6. The number of benzene rings is 1. The Balaban J connectivity index is 1.31. The molecule has 6 heteroatoms. The maximum absolute atomic E-state index is 12.4. The van der Waals surface area contributed by atoms with Gasteiger partial charge in [-0.15, -0.1) is 0 Å². The SMILES string of the molecule is O=C(NC1CC1)c1cccc(OCC2CCCN(C(=O)c3ccco3)C2)c1. The molecule has 6 nitrogen and oxygen atoms in total. The molecule has 4 rings (SSSR count). The highest BCUT2D eigenvalue weighted by molar-refractivity contribution is 5.95. The lowest BCUT2D eigenvalue weighted by Gasteiger charge is -2.32. The van der Waals surface area contributed by atoms with Crippen LogP contribution in [0.1, 0.15) is 46.6 Å². The number of carbonyl (C=O) groups excluding carboxylic acids is 2. The quantitative estimate of drug-likeness (QED) is 0.850. The number of rotatable bonds is 6. The van der Waals surface area contributed by atoms with Crippen LogP contribution in [0.25, 0.3) is 0 Å². The van der Waals surface area contributed by atoms with Crippen molar-refractivity contribution in [3.05, 3.63) is 54.0 Å². The minimum atomic E-state index is -0.0663. The van der Waals surface area contributed by atoms with E-state index in [1.165, 1.54) is 6.26 Å². The Hall–Kier alpha value is -2.76. The summed E-state index contributed by atoms with van der Waals surface area (Å²) >= 11 is 0. The predicted octanol–water partition coefficient (Wildman–Crippen LogP) is 3.10. The number of carbonyl (C=O) groups is 2. The number of piperidine rings is 1. The summed E-state index contributed by atoms with van der Waals surface area (Å²) < 4.78 is 11.2. The van der Waals surface area contributed by atoms with Crippen molar-refractivity contribution in [2.75, 3.05) is 19.7 Å². The average Bonchev–Trinajstić information content (AvgIpc) is 3.34. The first-order chi connectivity index (χ1) is 13.2. The fraction of sp³-hybridized carbons (Fsp3) is 0.429. The molecule has 1 aromatic carbocycles. The maximum atomic E-state index is 12.4. The van der Waals surface area contributed by atoms with Crippen molar-refractivity contribution < 1.29 is 18.7 Å². The van der Waals surface area contributed by atoms with E-state index in [1.54, 1.807) is 24.3 Å². The van der Waals surface area contributed by atoms with E-state index in [1.807, 2.05) is 17.0 Å². The Kier molecular flexibility index (Phi) is 5.14. The van der Waals surface area contributed by atoms with Gasteiger partial charge in [0, 0.05) is 30.6 Å². The normalized spacial score (nSPS) is 19.6. The van der Waals surface area contributed by atoms with Crippen LogP contribution in [0.15, 0.2) is 47.1 Å². The van der Waals surface area contributed by atoms with Crippen LogP contribution in [-0.2, 0) is 0 Å². The van der Waals surface area contributed by atoms with Crippen LogP contribution in [0.5, 0.6) is 5.75 Å². The van der Waals surface area contributed by atoms with E-state index < -0.39 is 0 Å². The molecule has 1 unspecified atom stereocenters. The molecule has 1 saturated heterocycles. The van der Waals surface area contributed by atoms with Crippen LogP contribution in [0.3, 0.4) is 0 Å². The molecule has 1 saturated carbocycles. The lowest BCUT2D eigenvalue weighted by Crippen LogP contribution is -2.41. The lowest BCUT2D eigenvalue weighted by atomic mass is 9.98. The fourth-order valence-corrected chi connectivity index (χ4v) is 3.38. The number of likely N-dealkylation sites (tertiary alicyclic amines) is 1. The van der Waals surface area contributed by atoms with Gasteiger partial charge in [0.25, 0.3) is 11.8 Å². The van der Waals surface area contributed by atoms with Gasteiger partial charge in [0.2, 0.25) is 0 Å². The van der Waals surface area contributed by atoms with Crippen LogP contribution >= 0.6 is 0 Å². The van der Waals surface area contributed by atoms with Gasteiger partial charge >= 0.3 is 0 Å². The van der Waals surface area contributed by atoms with Crippen molar-refractivity contribution in [3.63, 3.8) is 0 Å². The average molecular weight is 368 g/mol. The Bertz CT molecular complexity index is 798. The molecule has 2 heterocycles. The van der Waals surface area contributed by atoms with Gasteiger partial charge in [0.05, 0.1) is 12.9 Å². The summed E-state index contributed by atoms with van der Waals surface area (Å²) in [6.07, 6.45) is 5.62. The summed E-state index contributed by atoms with van der Waals surface area (Å²) in [6.45, 7) is 1.92. The smallest absolute Gasteiger partial charge is 0.289 e. The number of hydrogen-bond acceptors (Lipinski definition) is 4. The molecular weight excluding hydrogens is 344 g/mol. The van der Waals surface area contributed by atoms with Crippen LogP contribution in [0.2, 0.25) is 0 Å². The minimum absolute atomic E-state index is 0.0455. The van der Waals surface area contributed by atoms with E-state index in [4.69, 9.17) is 9.15 Å². The third-order valence-electron chi connectivity index (χ3n) is 5.03. The highest BCUT2D eigenvalue weighted by Crippen LogP contribution is 2.22. The number of amides is 2. The maximum Gasteiger partial charge on any atom is 0.289 e. The molecule has 1 aromatic heterocycles. The number of nitrogens with one attached hydrogen (secondary N) is 1. The van der Waals surface area contributed by atoms with Crippen molar-refractivity contribution in [1.29, 1.82) is 0 Å². The van der Waals surface area contributed by atoms with Gasteiger partial charge in [0.1, 0.15) is 5.75 Å². The fourth-order valence-electron chi connectivity index (χ4n) is 3.38. The summed E-state index contributed by atoms with van der Waals surface area (Å²) in [6, 6.07) is 11.0. The zero-order valence-corrected chi connectivity index (χ0v) is 15.2. The molecule has 0 bridgehead atoms. The van der Waals surface area contributed by atoms with E-state index in [2.05, 4.69) is 5.32 Å². The monoisotopic (exact) mass is 368 g/mol. The third-order valence-corrected chi connectivity index (χ3v) is 5.03. The molecule has 2 aliphatic rings. The summed E-state index contributed by atoms with van der Waals surface area (Å²) in [5.41, 5.74) is 0.623. The molecule has 1 aliphatic carbocycles. The molecular formula is C21H24N2O4. The van der Waals surface area contributed by atoms with Crippen LogP contribution in [0.4, 0.5) is 0 Å². The van der Waals surface area contributed by atoms with Crippen LogP contribution in [-0.4, -0.2) is 42.5 Å². The van der Waals surface area contributed by atoms with Crippen molar-refractivity contribution in [1.82, 2.24) is 10.2 Å². The summed E-state index contributed by atoms with van der Waals surface area (Å²) in [5.74, 6) is 1.22. The number of nitrogens with zero attached hydrogens (tertiary/aromatic N) is 1. The standard InChI is InChI=1S/C21H24N2O4/c24-20(22-17-8-9-17)16-5-1-6-18(12-16)27-14-15-4-2-10-23(13-15)21(25)19-7-3-11-26-19/h1,3,5-7,11-12,15,17H,2,4,8-10,13-14H2,(H,22,24). The van der Waals surface area contributed by atoms with E-state index in [-0.39, 0.29) is 17.7 Å². The van der Waals surface area contributed by atoms with Crippen molar-refractivity contribution >= 4 is 11.8 Å².